The molecule has 0 heterocycles. The fraction of sp³-hybridized carbons (Fsp3) is 0.571. The zero-order valence-electron chi connectivity index (χ0n) is 10.2. The lowest BCUT2D eigenvalue weighted by atomic mass is 10.1. The van der Waals surface area contributed by atoms with Crippen molar-refractivity contribution in [2.75, 3.05) is 13.1 Å². The van der Waals surface area contributed by atoms with Gasteiger partial charge in [0.2, 0.25) is 0 Å². The van der Waals surface area contributed by atoms with Gasteiger partial charge in [-0.25, -0.2) is 0 Å². The monoisotopic (exact) mass is 218 g/mol. The Bertz CT molecular complexity index is 332. The van der Waals surface area contributed by atoms with Crippen LogP contribution in [0.3, 0.4) is 0 Å². The number of rotatable bonds is 5. The van der Waals surface area contributed by atoms with Crippen molar-refractivity contribution in [3.8, 4) is 0 Å². The maximum absolute atomic E-state index is 6.11. The normalized spacial score (nSPS) is 24.1. The maximum atomic E-state index is 6.11. The third-order valence-electron chi connectivity index (χ3n) is 3.70. The Morgan fingerprint density at radius 1 is 1.38 bits per heavy atom. The summed E-state index contributed by atoms with van der Waals surface area (Å²) < 4.78 is 0. The number of nitrogens with two attached hydrogens (primary N) is 1. The molecular weight excluding hydrogens is 196 g/mol. The first-order valence-electron chi connectivity index (χ1n) is 6.11. The molecule has 0 saturated heterocycles. The molecule has 2 heteroatoms. The van der Waals surface area contributed by atoms with Crippen LogP contribution in [0.15, 0.2) is 30.3 Å². The zero-order valence-corrected chi connectivity index (χ0v) is 10.2. The van der Waals surface area contributed by atoms with Crippen molar-refractivity contribution in [2.24, 2.45) is 17.1 Å². The molecule has 2 unspecified atom stereocenters. The molecule has 0 bridgehead atoms. The molecule has 0 aliphatic heterocycles. The highest BCUT2D eigenvalue weighted by Gasteiger charge is 2.44. The van der Waals surface area contributed by atoms with E-state index in [0.29, 0.717) is 5.41 Å². The fourth-order valence-electron chi connectivity index (χ4n) is 2.16. The standard InChI is InChI=1S/C14H22N2/c1-14(2)8-12(14)9-16-10-13(15)11-6-4-3-5-7-11/h3-7,12-13,16H,8-10,15H2,1-2H3. The Hall–Kier alpha value is -0.860. The van der Waals surface area contributed by atoms with Crippen molar-refractivity contribution >= 4 is 0 Å². The summed E-state index contributed by atoms with van der Waals surface area (Å²) >= 11 is 0. The zero-order chi connectivity index (χ0) is 11.6. The highest BCUT2D eigenvalue weighted by atomic mass is 14.9. The van der Waals surface area contributed by atoms with Crippen molar-refractivity contribution < 1.29 is 0 Å². The Balaban J connectivity index is 1.71. The Labute approximate surface area is 98.2 Å². The van der Waals surface area contributed by atoms with Crippen LogP contribution >= 0.6 is 0 Å². The lowest BCUT2D eigenvalue weighted by Gasteiger charge is -2.13. The van der Waals surface area contributed by atoms with Crippen LogP contribution < -0.4 is 11.1 Å². The van der Waals surface area contributed by atoms with Gasteiger partial charge in [-0.3, -0.25) is 0 Å². The highest BCUT2D eigenvalue weighted by molar-refractivity contribution is 5.18. The molecule has 1 fully saturated rings. The van der Waals surface area contributed by atoms with E-state index in [1.165, 1.54) is 12.0 Å². The molecule has 0 spiro atoms. The van der Waals surface area contributed by atoms with Gasteiger partial charge in [0.1, 0.15) is 0 Å². The predicted molar refractivity (Wildman–Crippen MR) is 68.1 cm³/mol. The van der Waals surface area contributed by atoms with Gasteiger partial charge < -0.3 is 11.1 Å². The minimum atomic E-state index is 0.114. The van der Waals surface area contributed by atoms with Crippen LogP contribution in [0.4, 0.5) is 0 Å². The second kappa shape index (κ2) is 4.56. The minimum Gasteiger partial charge on any atom is -0.323 e. The second-order valence-electron chi connectivity index (χ2n) is 5.57. The maximum Gasteiger partial charge on any atom is 0.0421 e. The summed E-state index contributed by atoms with van der Waals surface area (Å²) in [4.78, 5) is 0. The molecule has 0 amide bonds. The second-order valence-corrected chi connectivity index (χ2v) is 5.57. The van der Waals surface area contributed by atoms with Crippen LogP contribution in [0, 0.1) is 11.3 Å². The van der Waals surface area contributed by atoms with Crippen LogP contribution in [0.5, 0.6) is 0 Å². The molecule has 1 aromatic carbocycles. The summed E-state index contributed by atoms with van der Waals surface area (Å²) in [6.45, 7) is 6.64. The predicted octanol–water partition coefficient (Wildman–Crippen LogP) is 2.32. The number of benzene rings is 1. The largest absolute Gasteiger partial charge is 0.323 e. The van der Waals surface area contributed by atoms with Gasteiger partial charge in [-0.2, -0.15) is 0 Å². The molecule has 2 atom stereocenters. The molecule has 1 aliphatic rings. The van der Waals surface area contributed by atoms with Crippen LogP contribution in [-0.2, 0) is 0 Å². The van der Waals surface area contributed by atoms with Crippen LogP contribution in [0.25, 0.3) is 0 Å². The third-order valence-corrected chi connectivity index (χ3v) is 3.70. The van der Waals surface area contributed by atoms with E-state index in [1.807, 2.05) is 18.2 Å². The number of hydrogen-bond acceptors (Lipinski definition) is 2. The summed E-state index contributed by atoms with van der Waals surface area (Å²) in [6.07, 6.45) is 1.35. The van der Waals surface area contributed by atoms with Gasteiger partial charge in [0, 0.05) is 12.6 Å². The van der Waals surface area contributed by atoms with E-state index >= 15 is 0 Å². The van der Waals surface area contributed by atoms with Gasteiger partial charge in [-0.1, -0.05) is 44.2 Å². The molecule has 0 aromatic heterocycles. The van der Waals surface area contributed by atoms with Gasteiger partial charge in [-0.15, -0.1) is 0 Å². The quantitative estimate of drug-likeness (QED) is 0.796. The molecule has 3 N–H and O–H groups in total. The van der Waals surface area contributed by atoms with Crippen molar-refractivity contribution in [1.29, 1.82) is 0 Å². The smallest absolute Gasteiger partial charge is 0.0421 e. The summed E-state index contributed by atoms with van der Waals surface area (Å²) in [5, 5.41) is 3.48. The number of nitrogens with one attached hydrogen (secondary N) is 1. The highest BCUT2D eigenvalue weighted by Crippen LogP contribution is 2.50. The van der Waals surface area contributed by atoms with Gasteiger partial charge in [-0.05, 0) is 29.9 Å². The van der Waals surface area contributed by atoms with E-state index in [4.69, 9.17) is 5.73 Å². The van der Waals surface area contributed by atoms with Gasteiger partial charge in [0.05, 0.1) is 0 Å². The molecule has 1 aliphatic carbocycles. The molecule has 0 radical (unpaired) electrons. The van der Waals surface area contributed by atoms with Crippen molar-refractivity contribution in [3.05, 3.63) is 35.9 Å². The number of hydrogen-bond donors (Lipinski definition) is 2. The lowest BCUT2D eigenvalue weighted by molar-refractivity contribution is 0.503. The average Bonchev–Trinajstić information content (AvgIpc) is 2.87. The average molecular weight is 218 g/mol. The Morgan fingerprint density at radius 3 is 2.56 bits per heavy atom. The van der Waals surface area contributed by atoms with Gasteiger partial charge >= 0.3 is 0 Å². The van der Waals surface area contributed by atoms with E-state index in [-0.39, 0.29) is 6.04 Å². The van der Waals surface area contributed by atoms with Crippen LogP contribution in [0.1, 0.15) is 31.9 Å². The van der Waals surface area contributed by atoms with E-state index in [9.17, 15) is 0 Å². The fourth-order valence-corrected chi connectivity index (χ4v) is 2.16. The molecule has 2 rings (SSSR count). The summed E-state index contributed by atoms with van der Waals surface area (Å²) in [7, 11) is 0. The van der Waals surface area contributed by atoms with E-state index in [2.05, 4.69) is 31.3 Å². The summed E-state index contributed by atoms with van der Waals surface area (Å²) in [6, 6.07) is 10.4. The van der Waals surface area contributed by atoms with Crippen molar-refractivity contribution in [2.45, 2.75) is 26.3 Å². The summed E-state index contributed by atoms with van der Waals surface area (Å²) in [5.41, 5.74) is 7.88. The van der Waals surface area contributed by atoms with Crippen molar-refractivity contribution in [1.82, 2.24) is 5.32 Å². The molecule has 2 nitrogen and oxygen atoms in total. The lowest BCUT2D eigenvalue weighted by Crippen LogP contribution is -2.29. The van der Waals surface area contributed by atoms with Gasteiger partial charge in [0.25, 0.3) is 0 Å². The first kappa shape index (κ1) is 11.6. The molecule has 16 heavy (non-hydrogen) atoms. The first-order valence-corrected chi connectivity index (χ1v) is 6.11. The summed E-state index contributed by atoms with van der Waals surface area (Å²) in [5.74, 6) is 0.843. The molecule has 88 valence electrons. The topological polar surface area (TPSA) is 38.0 Å². The van der Waals surface area contributed by atoms with E-state index in [1.54, 1.807) is 0 Å². The van der Waals surface area contributed by atoms with E-state index < -0.39 is 0 Å². The molecule has 1 aromatic rings. The van der Waals surface area contributed by atoms with Crippen LogP contribution in [0.2, 0.25) is 0 Å². The first-order chi connectivity index (χ1) is 7.59. The molecular formula is C14H22N2. The minimum absolute atomic E-state index is 0.114. The third kappa shape index (κ3) is 2.83. The van der Waals surface area contributed by atoms with Gasteiger partial charge in [0.15, 0.2) is 0 Å². The Kier molecular flexibility index (Phi) is 3.31. The molecule has 1 saturated carbocycles. The Morgan fingerprint density at radius 2 is 2.00 bits per heavy atom. The van der Waals surface area contributed by atoms with E-state index in [0.717, 1.165) is 19.0 Å². The van der Waals surface area contributed by atoms with Crippen LogP contribution in [-0.4, -0.2) is 13.1 Å². The van der Waals surface area contributed by atoms with Crippen molar-refractivity contribution in [3.63, 3.8) is 0 Å². The SMILES string of the molecule is CC1(C)CC1CNCC(N)c1ccccc1.